The van der Waals surface area contributed by atoms with Gasteiger partial charge < -0.3 is 5.32 Å². The molecule has 0 aliphatic carbocycles. The summed E-state index contributed by atoms with van der Waals surface area (Å²) in [5, 5.41) is 11.8. The van der Waals surface area contributed by atoms with Crippen LogP contribution in [0.5, 0.6) is 0 Å². The van der Waals surface area contributed by atoms with Crippen molar-refractivity contribution in [2.75, 3.05) is 0 Å². The zero-order valence-corrected chi connectivity index (χ0v) is 15.3. The smallest absolute Gasteiger partial charge is 0.329 e. The fourth-order valence-electron chi connectivity index (χ4n) is 3.18. The van der Waals surface area contributed by atoms with Gasteiger partial charge in [-0.2, -0.15) is 5.26 Å². The van der Waals surface area contributed by atoms with Crippen LogP contribution < -0.4 is 11.0 Å². The third kappa shape index (κ3) is 4.09. The van der Waals surface area contributed by atoms with Crippen molar-refractivity contribution in [1.82, 2.24) is 14.5 Å². The molecule has 0 aliphatic rings. The van der Waals surface area contributed by atoms with Gasteiger partial charge in [0, 0.05) is 26.1 Å². The van der Waals surface area contributed by atoms with Crippen LogP contribution in [0.2, 0.25) is 0 Å². The summed E-state index contributed by atoms with van der Waals surface area (Å²) in [6.45, 7) is 3.39. The Morgan fingerprint density at radius 1 is 1.07 bits per heavy atom. The van der Waals surface area contributed by atoms with E-state index in [0.717, 1.165) is 23.0 Å². The molecule has 1 amide bonds. The van der Waals surface area contributed by atoms with E-state index in [1.807, 2.05) is 37.3 Å². The van der Waals surface area contributed by atoms with Gasteiger partial charge in [0.25, 0.3) is 0 Å². The van der Waals surface area contributed by atoms with E-state index in [-0.39, 0.29) is 18.0 Å². The van der Waals surface area contributed by atoms with Gasteiger partial charge in [0.15, 0.2) is 0 Å². The summed E-state index contributed by atoms with van der Waals surface area (Å²) in [5.41, 5.74) is 3.12. The first-order chi connectivity index (χ1) is 13.1. The number of fused-ring (bicyclic) bond motifs is 1. The third-order valence-electron chi connectivity index (χ3n) is 4.48. The molecule has 1 aromatic heterocycles. The fourth-order valence-corrected chi connectivity index (χ4v) is 3.18. The van der Waals surface area contributed by atoms with Gasteiger partial charge in [-0.15, -0.1) is 0 Å². The molecule has 0 spiro atoms. The maximum Gasteiger partial charge on any atom is 0.329 e. The molecule has 0 saturated carbocycles. The first-order valence-corrected chi connectivity index (χ1v) is 9.08. The molecule has 3 aromatic rings. The second-order valence-corrected chi connectivity index (χ2v) is 6.41. The number of aryl methyl sites for hydroxylation is 2. The molecule has 0 unspecified atom stereocenters. The highest BCUT2D eigenvalue weighted by Crippen LogP contribution is 2.13. The first kappa shape index (κ1) is 18.5. The molecule has 6 heteroatoms. The summed E-state index contributed by atoms with van der Waals surface area (Å²) in [5.74, 6) is -0.128. The lowest BCUT2D eigenvalue weighted by Crippen LogP contribution is -2.28. The minimum atomic E-state index is -0.128. The maximum atomic E-state index is 12.7. The molecule has 138 valence electrons. The number of benzene rings is 2. The van der Waals surface area contributed by atoms with E-state index >= 15 is 0 Å². The molecule has 3 rings (SSSR count). The molecule has 0 bridgehead atoms. The van der Waals surface area contributed by atoms with Crippen LogP contribution in [-0.4, -0.2) is 15.0 Å². The maximum absolute atomic E-state index is 12.7. The van der Waals surface area contributed by atoms with Crippen LogP contribution in [-0.2, 0) is 24.4 Å². The Labute approximate surface area is 157 Å². The lowest BCUT2D eigenvalue weighted by molar-refractivity contribution is -0.121. The summed E-state index contributed by atoms with van der Waals surface area (Å²) in [6, 6.07) is 16.9. The van der Waals surface area contributed by atoms with E-state index in [1.165, 1.54) is 0 Å². The van der Waals surface area contributed by atoms with Gasteiger partial charge in [0.05, 0.1) is 22.7 Å². The second kappa shape index (κ2) is 8.37. The predicted octanol–water partition coefficient (Wildman–Crippen LogP) is 2.79. The van der Waals surface area contributed by atoms with Gasteiger partial charge in [-0.25, -0.2) is 4.79 Å². The number of nitriles is 1. The highest BCUT2D eigenvalue weighted by molar-refractivity contribution is 5.78. The Hall–Kier alpha value is -3.33. The minimum absolute atomic E-state index is 0.0763. The number of carbonyl (C=O) groups is 1. The van der Waals surface area contributed by atoms with Crippen molar-refractivity contribution in [3.63, 3.8) is 0 Å². The largest absolute Gasteiger partial charge is 0.352 e. The summed E-state index contributed by atoms with van der Waals surface area (Å²) in [7, 11) is 0. The number of imidazole rings is 1. The van der Waals surface area contributed by atoms with Gasteiger partial charge in [-0.05, 0) is 36.2 Å². The van der Waals surface area contributed by atoms with E-state index < -0.39 is 0 Å². The van der Waals surface area contributed by atoms with Crippen LogP contribution in [0, 0.1) is 11.3 Å². The molecule has 0 saturated heterocycles. The van der Waals surface area contributed by atoms with Crippen LogP contribution in [0.1, 0.15) is 30.9 Å². The van der Waals surface area contributed by atoms with Crippen LogP contribution in [0.3, 0.4) is 0 Å². The number of nitrogens with zero attached hydrogens (tertiary/aromatic N) is 3. The second-order valence-electron chi connectivity index (χ2n) is 6.41. The quantitative estimate of drug-likeness (QED) is 0.702. The fraction of sp³-hybridized carbons (Fsp3) is 0.286. The Morgan fingerprint density at radius 2 is 1.78 bits per heavy atom. The highest BCUT2D eigenvalue weighted by atomic mass is 16.2. The molecular formula is C21H22N4O2. The SMILES string of the molecule is CCCn1c(=O)n(CCC(=O)NCc2cccc(C#N)c2)c2ccccc21. The molecule has 0 atom stereocenters. The summed E-state index contributed by atoms with van der Waals surface area (Å²) in [6.07, 6.45) is 1.09. The number of aromatic nitrogens is 2. The van der Waals surface area contributed by atoms with Crippen molar-refractivity contribution in [1.29, 1.82) is 5.26 Å². The van der Waals surface area contributed by atoms with Gasteiger partial charge >= 0.3 is 5.69 Å². The zero-order valence-electron chi connectivity index (χ0n) is 15.3. The zero-order chi connectivity index (χ0) is 19.2. The molecule has 1 N–H and O–H groups in total. The molecule has 0 aliphatic heterocycles. The van der Waals surface area contributed by atoms with Crippen molar-refractivity contribution in [2.45, 2.75) is 39.4 Å². The Kier molecular flexibility index (Phi) is 5.72. The summed E-state index contributed by atoms with van der Waals surface area (Å²) >= 11 is 0. The number of para-hydroxylation sites is 2. The van der Waals surface area contributed by atoms with Crippen molar-refractivity contribution in [2.24, 2.45) is 0 Å². The Balaban J connectivity index is 1.68. The molecule has 2 aromatic carbocycles. The molecule has 6 nitrogen and oxygen atoms in total. The van der Waals surface area contributed by atoms with E-state index in [4.69, 9.17) is 5.26 Å². The highest BCUT2D eigenvalue weighted by Gasteiger charge is 2.13. The normalized spacial score (nSPS) is 10.7. The van der Waals surface area contributed by atoms with Gasteiger partial charge in [-0.1, -0.05) is 31.2 Å². The number of hydrogen-bond acceptors (Lipinski definition) is 3. The number of hydrogen-bond donors (Lipinski definition) is 1. The Bertz CT molecular complexity index is 1060. The average molecular weight is 362 g/mol. The number of rotatable bonds is 7. The molecular weight excluding hydrogens is 340 g/mol. The summed E-state index contributed by atoms with van der Waals surface area (Å²) < 4.78 is 3.43. The van der Waals surface area contributed by atoms with Crippen molar-refractivity contribution < 1.29 is 4.79 Å². The predicted molar refractivity (Wildman–Crippen MR) is 104 cm³/mol. The molecule has 0 radical (unpaired) electrons. The van der Waals surface area contributed by atoms with E-state index in [9.17, 15) is 9.59 Å². The van der Waals surface area contributed by atoms with Crippen molar-refractivity contribution in [3.05, 3.63) is 70.1 Å². The van der Waals surface area contributed by atoms with Crippen molar-refractivity contribution >= 4 is 16.9 Å². The molecule has 27 heavy (non-hydrogen) atoms. The van der Waals surface area contributed by atoms with Crippen LogP contribution >= 0.6 is 0 Å². The topological polar surface area (TPSA) is 79.8 Å². The number of nitrogens with one attached hydrogen (secondary N) is 1. The van der Waals surface area contributed by atoms with Crippen LogP contribution in [0.4, 0.5) is 0 Å². The number of amides is 1. The summed E-state index contributed by atoms with van der Waals surface area (Å²) in [4.78, 5) is 24.9. The minimum Gasteiger partial charge on any atom is -0.352 e. The lowest BCUT2D eigenvalue weighted by atomic mass is 10.1. The van der Waals surface area contributed by atoms with Crippen LogP contribution in [0.25, 0.3) is 11.0 Å². The van der Waals surface area contributed by atoms with Gasteiger partial charge in [0.2, 0.25) is 5.91 Å². The van der Waals surface area contributed by atoms with Crippen molar-refractivity contribution in [3.8, 4) is 6.07 Å². The van der Waals surface area contributed by atoms with E-state index in [2.05, 4.69) is 11.4 Å². The first-order valence-electron chi connectivity index (χ1n) is 9.08. The molecule has 0 fully saturated rings. The monoisotopic (exact) mass is 362 g/mol. The average Bonchev–Trinajstić information content (AvgIpc) is 2.96. The van der Waals surface area contributed by atoms with Crippen LogP contribution in [0.15, 0.2) is 53.3 Å². The van der Waals surface area contributed by atoms with E-state index in [0.29, 0.717) is 25.2 Å². The van der Waals surface area contributed by atoms with Gasteiger partial charge in [0.1, 0.15) is 0 Å². The Morgan fingerprint density at radius 3 is 2.44 bits per heavy atom. The van der Waals surface area contributed by atoms with E-state index in [1.54, 1.807) is 27.3 Å². The lowest BCUT2D eigenvalue weighted by Gasteiger charge is -2.07. The standard InChI is InChI=1S/C21H22N4O2/c1-2-11-24-18-8-3-4-9-19(18)25(21(24)27)12-10-20(26)23-15-17-7-5-6-16(13-17)14-22/h3-9,13H,2,10-12,15H2,1H3,(H,23,26). The number of carbonyl (C=O) groups excluding carboxylic acids is 1. The molecule has 1 heterocycles. The van der Waals surface area contributed by atoms with Gasteiger partial charge in [-0.3, -0.25) is 13.9 Å². The third-order valence-corrected chi connectivity index (χ3v) is 4.48.